The summed E-state index contributed by atoms with van der Waals surface area (Å²) in [4.78, 5) is 27.3. The minimum absolute atomic E-state index is 0.0557. The number of rotatable bonds is 5. The van der Waals surface area contributed by atoms with Gasteiger partial charge in [0.05, 0.1) is 11.0 Å². The third-order valence-electron chi connectivity index (χ3n) is 5.90. The van der Waals surface area contributed by atoms with Gasteiger partial charge in [0, 0.05) is 36.1 Å². The number of piperidine rings is 1. The number of nitrogens with one attached hydrogen (secondary N) is 2. The first-order chi connectivity index (χ1) is 15.2. The molecule has 0 radical (unpaired) electrons. The van der Waals surface area contributed by atoms with Crippen LogP contribution in [0.1, 0.15) is 18.4 Å². The lowest BCUT2D eigenvalue weighted by molar-refractivity contribution is -0.121. The van der Waals surface area contributed by atoms with Gasteiger partial charge in [0.25, 0.3) is 0 Å². The van der Waals surface area contributed by atoms with Crippen LogP contribution in [0.15, 0.2) is 73.1 Å². The van der Waals surface area contributed by atoms with Crippen molar-refractivity contribution < 1.29 is 4.79 Å². The molecule has 1 saturated heterocycles. The minimum atomic E-state index is 0.0557. The van der Waals surface area contributed by atoms with Gasteiger partial charge in [-0.1, -0.05) is 18.2 Å². The second-order valence-electron chi connectivity index (χ2n) is 8.08. The molecule has 5 rings (SSSR count). The molecule has 1 aliphatic heterocycles. The maximum Gasteiger partial charge on any atom is 0.227 e. The number of aromatic nitrogens is 3. The van der Waals surface area contributed by atoms with Gasteiger partial charge in [0.2, 0.25) is 5.91 Å². The molecule has 0 unspecified atom stereocenters. The standard InChI is InChI=1S/C25H25N5O/c31-25(20-11-14-30(15-12-20)17-18-4-3-13-26-16-18)27-21-9-7-19(8-10-21)24-28-22-5-1-2-6-23(22)29-24/h1-10,13,16,20H,11-12,14-15,17H2,(H,27,31)(H,28,29). The number of pyridine rings is 1. The fourth-order valence-corrected chi connectivity index (χ4v) is 4.15. The number of imidazole rings is 1. The highest BCUT2D eigenvalue weighted by Gasteiger charge is 2.25. The maximum absolute atomic E-state index is 12.7. The first-order valence-electron chi connectivity index (χ1n) is 10.7. The Morgan fingerprint density at radius 1 is 1.03 bits per heavy atom. The van der Waals surface area contributed by atoms with Crippen LogP contribution in [0.4, 0.5) is 5.69 Å². The smallest absolute Gasteiger partial charge is 0.227 e. The number of carbonyl (C=O) groups excluding carboxylic acids is 1. The molecule has 3 heterocycles. The van der Waals surface area contributed by atoms with E-state index in [1.54, 1.807) is 6.20 Å². The van der Waals surface area contributed by atoms with Gasteiger partial charge in [0.1, 0.15) is 5.82 Å². The molecule has 2 aromatic carbocycles. The zero-order valence-electron chi connectivity index (χ0n) is 17.3. The number of carbonyl (C=O) groups is 1. The predicted molar refractivity (Wildman–Crippen MR) is 122 cm³/mol. The van der Waals surface area contributed by atoms with Gasteiger partial charge in [-0.15, -0.1) is 0 Å². The number of anilines is 1. The summed E-state index contributed by atoms with van der Waals surface area (Å²) >= 11 is 0. The molecule has 2 aromatic heterocycles. The van der Waals surface area contributed by atoms with Crippen molar-refractivity contribution in [1.29, 1.82) is 0 Å². The molecule has 4 aromatic rings. The van der Waals surface area contributed by atoms with Crippen molar-refractivity contribution in [2.45, 2.75) is 19.4 Å². The fourth-order valence-electron chi connectivity index (χ4n) is 4.15. The molecule has 31 heavy (non-hydrogen) atoms. The zero-order valence-corrected chi connectivity index (χ0v) is 17.3. The van der Waals surface area contributed by atoms with Gasteiger partial charge in [-0.25, -0.2) is 4.98 Å². The van der Waals surface area contributed by atoms with Crippen molar-refractivity contribution in [3.05, 3.63) is 78.6 Å². The van der Waals surface area contributed by atoms with Gasteiger partial charge in [-0.3, -0.25) is 14.7 Å². The topological polar surface area (TPSA) is 73.9 Å². The Morgan fingerprint density at radius 3 is 2.58 bits per heavy atom. The summed E-state index contributed by atoms with van der Waals surface area (Å²) in [6.07, 6.45) is 5.46. The third-order valence-corrected chi connectivity index (χ3v) is 5.90. The summed E-state index contributed by atoms with van der Waals surface area (Å²) in [5.74, 6) is 0.998. The van der Waals surface area contributed by atoms with Crippen molar-refractivity contribution in [2.75, 3.05) is 18.4 Å². The van der Waals surface area contributed by atoms with Crippen LogP contribution in [0.25, 0.3) is 22.4 Å². The molecule has 2 N–H and O–H groups in total. The van der Waals surface area contributed by atoms with Crippen LogP contribution in [0.3, 0.4) is 0 Å². The Bertz CT molecular complexity index is 1130. The Morgan fingerprint density at radius 2 is 1.84 bits per heavy atom. The number of likely N-dealkylation sites (tertiary alicyclic amines) is 1. The van der Waals surface area contributed by atoms with E-state index in [4.69, 9.17) is 0 Å². The van der Waals surface area contributed by atoms with Crippen LogP contribution in [-0.2, 0) is 11.3 Å². The van der Waals surface area contributed by atoms with E-state index in [9.17, 15) is 4.79 Å². The average Bonchev–Trinajstić information content (AvgIpc) is 3.25. The van der Waals surface area contributed by atoms with Gasteiger partial charge in [0.15, 0.2) is 0 Å². The summed E-state index contributed by atoms with van der Waals surface area (Å²) in [6.45, 7) is 2.75. The number of amides is 1. The number of aromatic amines is 1. The second kappa shape index (κ2) is 8.70. The molecule has 0 spiro atoms. The predicted octanol–water partition coefficient (Wildman–Crippen LogP) is 4.48. The number of H-pyrrole nitrogens is 1. The monoisotopic (exact) mass is 411 g/mol. The lowest BCUT2D eigenvalue weighted by atomic mass is 9.95. The van der Waals surface area contributed by atoms with E-state index in [-0.39, 0.29) is 11.8 Å². The summed E-state index contributed by atoms with van der Waals surface area (Å²) in [6, 6.07) is 19.9. The minimum Gasteiger partial charge on any atom is -0.338 e. The zero-order chi connectivity index (χ0) is 21.0. The largest absolute Gasteiger partial charge is 0.338 e. The number of nitrogens with zero attached hydrogens (tertiary/aromatic N) is 3. The summed E-state index contributed by atoms with van der Waals surface area (Å²) in [5.41, 5.74) is 5.00. The average molecular weight is 412 g/mol. The molecule has 0 saturated carbocycles. The van der Waals surface area contributed by atoms with Crippen LogP contribution in [0, 0.1) is 5.92 Å². The highest BCUT2D eigenvalue weighted by molar-refractivity contribution is 5.93. The molecular weight excluding hydrogens is 386 g/mol. The van der Waals surface area contributed by atoms with Crippen LogP contribution < -0.4 is 5.32 Å². The van der Waals surface area contributed by atoms with E-state index < -0.39 is 0 Å². The van der Waals surface area contributed by atoms with Crippen molar-refractivity contribution in [3.8, 4) is 11.4 Å². The van der Waals surface area contributed by atoms with E-state index >= 15 is 0 Å². The number of benzene rings is 2. The lowest BCUT2D eigenvalue weighted by Crippen LogP contribution is -2.37. The van der Waals surface area contributed by atoms with Crippen LogP contribution >= 0.6 is 0 Å². The van der Waals surface area contributed by atoms with Gasteiger partial charge >= 0.3 is 0 Å². The van der Waals surface area contributed by atoms with E-state index in [1.807, 2.05) is 60.8 Å². The number of hydrogen-bond donors (Lipinski definition) is 2. The van der Waals surface area contributed by atoms with Crippen LogP contribution in [-0.4, -0.2) is 38.8 Å². The van der Waals surface area contributed by atoms with Crippen LogP contribution in [0.2, 0.25) is 0 Å². The molecule has 0 aliphatic carbocycles. The van der Waals surface area contributed by atoms with Crippen molar-refractivity contribution in [1.82, 2.24) is 19.9 Å². The Hall–Kier alpha value is -3.51. The molecule has 1 aliphatic rings. The highest BCUT2D eigenvalue weighted by atomic mass is 16.1. The number of fused-ring (bicyclic) bond motifs is 1. The molecule has 1 amide bonds. The third kappa shape index (κ3) is 4.49. The maximum atomic E-state index is 12.7. The fraction of sp³-hybridized carbons (Fsp3) is 0.240. The first-order valence-corrected chi connectivity index (χ1v) is 10.7. The van der Waals surface area contributed by atoms with Gasteiger partial charge in [-0.2, -0.15) is 0 Å². The summed E-state index contributed by atoms with van der Waals surface area (Å²) < 4.78 is 0. The molecule has 6 nitrogen and oxygen atoms in total. The normalized spacial score (nSPS) is 15.2. The second-order valence-corrected chi connectivity index (χ2v) is 8.08. The lowest BCUT2D eigenvalue weighted by Gasteiger charge is -2.31. The SMILES string of the molecule is O=C(Nc1ccc(-c2nc3ccccc3[nH]2)cc1)C1CCN(Cc2cccnc2)CC1. The van der Waals surface area contributed by atoms with Crippen LogP contribution in [0.5, 0.6) is 0 Å². The first kappa shape index (κ1) is 19.5. The van der Waals surface area contributed by atoms with Gasteiger partial charge in [-0.05, 0) is 74.0 Å². The van der Waals surface area contributed by atoms with Crippen molar-refractivity contribution in [2.24, 2.45) is 5.92 Å². The molecular formula is C25H25N5O. The van der Waals surface area contributed by atoms with E-state index in [0.717, 1.165) is 60.6 Å². The number of para-hydroxylation sites is 2. The van der Waals surface area contributed by atoms with E-state index in [1.165, 1.54) is 5.56 Å². The summed E-state index contributed by atoms with van der Waals surface area (Å²) in [7, 11) is 0. The molecule has 0 atom stereocenters. The summed E-state index contributed by atoms with van der Waals surface area (Å²) in [5, 5.41) is 3.08. The molecule has 0 bridgehead atoms. The highest BCUT2D eigenvalue weighted by Crippen LogP contribution is 2.24. The quantitative estimate of drug-likeness (QED) is 0.508. The Balaban J connectivity index is 1.16. The molecule has 6 heteroatoms. The van der Waals surface area contributed by atoms with Gasteiger partial charge < -0.3 is 10.3 Å². The Kier molecular flexibility index (Phi) is 5.46. The van der Waals surface area contributed by atoms with Crippen molar-refractivity contribution in [3.63, 3.8) is 0 Å². The molecule has 156 valence electrons. The molecule has 1 fully saturated rings. The van der Waals surface area contributed by atoms with Crippen molar-refractivity contribution >= 4 is 22.6 Å². The number of hydrogen-bond acceptors (Lipinski definition) is 4. The Labute approximate surface area is 181 Å². The van der Waals surface area contributed by atoms with E-state index in [2.05, 4.69) is 31.2 Å². The van der Waals surface area contributed by atoms with E-state index in [0.29, 0.717) is 0 Å².